The molecule has 0 saturated carbocycles. The van der Waals surface area contributed by atoms with Crippen molar-refractivity contribution in [2.75, 3.05) is 33.2 Å². The third-order valence-corrected chi connectivity index (χ3v) is 6.11. The van der Waals surface area contributed by atoms with Crippen molar-refractivity contribution in [1.29, 1.82) is 0 Å². The van der Waals surface area contributed by atoms with E-state index < -0.39 is 7.12 Å². The maximum atomic E-state index is 6.15. The van der Waals surface area contributed by atoms with E-state index in [1.807, 2.05) is 56.5 Å². The number of fused-ring (bicyclic) bond motifs is 1. The van der Waals surface area contributed by atoms with E-state index in [0.717, 1.165) is 11.0 Å². The van der Waals surface area contributed by atoms with Crippen LogP contribution >= 0.6 is 0 Å². The molecular weight excluding hydrogens is 425 g/mol. The fraction of sp³-hybridized carbons (Fsp3) is 0.500. The molecule has 3 aromatic rings. The third kappa shape index (κ3) is 4.48. The summed E-state index contributed by atoms with van der Waals surface area (Å²) in [5, 5.41) is 0. The quantitative estimate of drug-likeness (QED) is 0.401. The molecule has 3 heterocycles. The molecule has 0 atom stereocenters. The van der Waals surface area contributed by atoms with Crippen molar-refractivity contribution in [3.8, 4) is 12.0 Å². The van der Waals surface area contributed by atoms with Gasteiger partial charge in [0.25, 0.3) is 6.01 Å². The van der Waals surface area contributed by atoms with Gasteiger partial charge in [0.1, 0.15) is 6.61 Å². The van der Waals surface area contributed by atoms with Gasteiger partial charge >= 0.3 is 13.1 Å². The summed E-state index contributed by atoms with van der Waals surface area (Å²) in [7, 11) is 2.74. The Labute approximate surface area is 193 Å². The molecule has 2 aromatic heterocycles. The van der Waals surface area contributed by atoms with Crippen LogP contribution in [0.15, 0.2) is 24.3 Å². The van der Waals surface area contributed by atoms with Crippen LogP contribution in [0.2, 0.25) is 0 Å². The first-order valence-corrected chi connectivity index (χ1v) is 10.8. The minimum atomic E-state index is -0.410. The molecule has 1 saturated heterocycles. The lowest BCUT2D eigenvalue weighted by Crippen LogP contribution is -2.41. The van der Waals surface area contributed by atoms with Gasteiger partial charge in [0.2, 0.25) is 0 Å². The molecule has 33 heavy (non-hydrogen) atoms. The second kappa shape index (κ2) is 8.81. The highest BCUT2D eigenvalue weighted by atomic mass is 16.7. The summed E-state index contributed by atoms with van der Waals surface area (Å²) < 4.78 is 30.2. The number of ether oxygens (including phenoxy) is 3. The number of hydrogen-bond acceptors (Lipinski definition) is 9. The Bertz CT molecular complexity index is 1120. The summed E-state index contributed by atoms with van der Waals surface area (Å²) in [5.41, 5.74) is 8.30. The molecule has 4 rings (SSSR count). The minimum absolute atomic E-state index is 0.164. The lowest BCUT2D eigenvalue weighted by molar-refractivity contribution is 0.00578. The van der Waals surface area contributed by atoms with Gasteiger partial charge in [-0.1, -0.05) is 24.3 Å². The van der Waals surface area contributed by atoms with E-state index in [0.29, 0.717) is 36.9 Å². The average molecular weight is 455 g/mol. The Morgan fingerprint density at radius 3 is 2.24 bits per heavy atom. The van der Waals surface area contributed by atoms with Gasteiger partial charge < -0.3 is 29.3 Å². The number of imidazole rings is 1. The Morgan fingerprint density at radius 1 is 0.970 bits per heavy atom. The van der Waals surface area contributed by atoms with Gasteiger partial charge in [0.15, 0.2) is 17.0 Å². The summed E-state index contributed by atoms with van der Waals surface area (Å²) >= 11 is 0. The summed E-state index contributed by atoms with van der Waals surface area (Å²) in [4.78, 5) is 13.1. The molecule has 0 aliphatic carbocycles. The molecule has 2 N–H and O–H groups in total. The Hall–Kier alpha value is -2.89. The number of nitrogens with two attached hydrogens (primary N) is 1. The molecule has 0 amide bonds. The standard InChI is InChI=1S/C22H30BN5O5/c1-21(2)22(3,4)33-23(32-21)15-9-7-14(8-10-15)13-28-18-16(25-20(28)30-6)17(24)26-19(27-18)31-12-11-29-5/h7-10H,11-13H2,1-6H3,(H2,24,26,27). The van der Waals surface area contributed by atoms with Crippen molar-refractivity contribution in [2.24, 2.45) is 0 Å². The first-order valence-electron chi connectivity index (χ1n) is 10.8. The van der Waals surface area contributed by atoms with E-state index in [-0.39, 0.29) is 23.0 Å². The van der Waals surface area contributed by atoms with Crippen molar-refractivity contribution in [3.05, 3.63) is 29.8 Å². The van der Waals surface area contributed by atoms with Crippen molar-refractivity contribution >= 4 is 29.6 Å². The van der Waals surface area contributed by atoms with E-state index in [4.69, 9.17) is 29.3 Å². The number of hydrogen-bond donors (Lipinski definition) is 1. The van der Waals surface area contributed by atoms with Crippen LogP contribution in [0, 0.1) is 0 Å². The largest absolute Gasteiger partial charge is 0.494 e. The number of aromatic nitrogens is 4. The third-order valence-electron chi connectivity index (χ3n) is 6.11. The zero-order valence-corrected chi connectivity index (χ0v) is 19.9. The van der Waals surface area contributed by atoms with E-state index >= 15 is 0 Å². The maximum absolute atomic E-state index is 6.15. The number of methoxy groups -OCH3 is 2. The highest BCUT2D eigenvalue weighted by molar-refractivity contribution is 6.62. The lowest BCUT2D eigenvalue weighted by Gasteiger charge is -2.32. The van der Waals surface area contributed by atoms with Crippen LogP contribution < -0.4 is 20.7 Å². The van der Waals surface area contributed by atoms with Gasteiger partial charge in [-0.2, -0.15) is 15.0 Å². The van der Waals surface area contributed by atoms with Crippen molar-refractivity contribution in [3.63, 3.8) is 0 Å². The van der Waals surface area contributed by atoms with E-state index in [2.05, 4.69) is 15.0 Å². The first-order chi connectivity index (χ1) is 15.6. The first kappa shape index (κ1) is 23.3. The van der Waals surface area contributed by atoms with Crippen molar-refractivity contribution in [1.82, 2.24) is 19.5 Å². The minimum Gasteiger partial charge on any atom is -0.468 e. The molecule has 0 bridgehead atoms. The van der Waals surface area contributed by atoms with Crippen molar-refractivity contribution in [2.45, 2.75) is 45.4 Å². The van der Waals surface area contributed by atoms with Crippen LogP contribution in [0.4, 0.5) is 5.82 Å². The second-order valence-electron chi connectivity index (χ2n) is 8.92. The van der Waals surface area contributed by atoms with E-state index in [9.17, 15) is 0 Å². The van der Waals surface area contributed by atoms with Crippen LogP contribution in [-0.2, 0) is 20.6 Å². The Balaban J connectivity index is 1.59. The summed E-state index contributed by atoms with van der Waals surface area (Å²) in [5.74, 6) is 0.223. The highest BCUT2D eigenvalue weighted by Crippen LogP contribution is 2.36. The molecule has 11 heteroatoms. The summed E-state index contributed by atoms with van der Waals surface area (Å²) in [6.07, 6.45) is 0. The smallest absolute Gasteiger partial charge is 0.468 e. The molecule has 10 nitrogen and oxygen atoms in total. The predicted molar refractivity (Wildman–Crippen MR) is 125 cm³/mol. The van der Waals surface area contributed by atoms with E-state index in [1.54, 1.807) is 14.2 Å². The maximum Gasteiger partial charge on any atom is 0.494 e. The van der Waals surface area contributed by atoms with Gasteiger partial charge in [0.05, 0.1) is 31.5 Å². The molecule has 1 aliphatic heterocycles. The van der Waals surface area contributed by atoms with E-state index in [1.165, 1.54) is 0 Å². The number of benzene rings is 1. The molecule has 1 aliphatic rings. The SMILES string of the molecule is COCCOc1nc(N)c2nc(OC)n(Cc3ccc(B4OC(C)(C)C(C)(C)O4)cc3)c2n1. The number of anilines is 1. The van der Waals surface area contributed by atoms with Gasteiger partial charge in [-0.25, -0.2) is 0 Å². The van der Waals surface area contributed by atoms with Gasteiger partial charge in [0, 0.05) is 7.11 Å². The lowest BCUT2D eigenvalue weighted by atomic mass is 9.79. The molecule has 1 fully saturated rings. The molecule has 0 spiro atoms. The number of rotatable bonds is 8. The summed E-state index contributed by atoms with van der Waals surface area (Å²) in [6, 6.07) is 8.60. The van der Waals surface area contributed by atoms with Crippen LogP contribution in [0.5, 0.6) is 12.0 Å². The molecule has 0 radical (unpaired) electrons. The normalized spacial score (nSPS) is 17.0. The molecular formula is C22H30BN5O5. The number of nitrogen functional groups attached to an aromatic ring is 1. The molecule has 1 aromatic carbocycles. The fourth-order valence-corrected chi connectivity index (χ4v) is 3.50. The molecule has 176 valence electrons. The topological polar surface area (TPSA) is 116 Å². The highest BCUT2D eigenvalue weighted by Gasteiger charge is 2.51. The Morgan fingerprint density at radius 2 is 1.64 bits per heavy atom. The number of nitrogens with zero attached hydrogens (tertiary/aromatic N) is 4. The van der Waals surface area contributed by atoms with Crippen molar-refractivity contribution < 1.29 is 23.5 Å². The van der Waals surface area contributed by atoms with Gasteiger partial charge in [-0.05, 0) is 38.7 Å². The van der Waals surface area contributed by atoms with Crippen LogP contribution in [0.25, 0.3) is 11.2 Å². The zero-order chi connectivity index (χ0) is 23.8. The second-order valence-corrected chi connectivity index (χ2v) is 8.92. The monoisotopic (exact) mass is 455 g/mol. The van der Waals surface area contributed by atoms with Crippen LogP contribution in [-0.4, -0.2) is 65.3 Å². The van der Waals surface area contributed by atoms with Crippen LogP contribution in [0.1, 0.15) is 33.3 Å². The zero-order valence-electron chi connectivity index (χ0n) is 19.9. The predicted octanol–water partition coefficient (Wildman–Crippen LogP) is 1.79. The molecule has 0 unspecified atom stereocenters. The van der Waals surface area contributed by atoms with Gasteiger partial charge in [-0.15, -0.1) is 0 Å². The van der Waals surface area contributed by atoms with Crippen LogP contribution in [0.3, 0.4) is 0 Å². The Kier molecular flexibility index (Phi) is 6.21. The summed E-state index contributed by atoms with van der Waals surface area (Å²) in [6.45, 7) is 9.36. The van der Waals surface area contributed by atoms with Gasteiger partial charge in [-0.3, -0.25) is 4.57 Å². The fourth-order valence-electron chi connectivity index (χ4n) is 3.50. The average Bonchev–Trinajstić information content (AvgIpc) is 3.22.